The van der Waals surface area contributed by atoms with Gasteiger partial charge in [-0.05, 0) is 48.9 Å². The van der Waals surface area contributed by atoms with Gasteiger partial charge in [-0.2, -0.15) is 0 Å². The van der Waals surface area contributed by atoms with Gasteiger partial charge in [0.1, 0.15) is 4.88 Å². The van der Waals surface area contributed by atoms with Gasteiger partial charge in [-0.15, -0.1) is 11.3 Å². The van der Waals surface area contributed by atoms with Gasteiger partial charge < -0.3 is 15.0 Å². The second-order valence-corrected chi connectivity index (χ2v) is 7.37. The van der Waals surface area contributed by atoms with Gasteiger partial charge in [0.15, 0.2) is 0 Å². The van der Waals surface area contributed by atoms with Crippen LogP contribution < -0.4 is 0 Å². The zero-order valence-electron chi connectivity index (χ0n) is 13.6. The number of likely N-dealkylation sites (tertiary alicyclic amines) is 1. The van der Waals surface area contributed by atoms with Crippen molar-refractivity contribution in [1.82, 2.24) is 9.88 Å². The Labute approximate surface area is 148 Å². The molecular formula is C19H18N2O3S. The zero-order chi connectivity index (χ0) is 17.4. The highest BCUT2D eigenvalue weighted by molar-refractivity contribution is 7.15. The molecule has 128 valence electrons. The number of para-hydroxylation sites is 1. The molecule has 2 aromatic heterocycles. The monoisotopic (exact) mass is 354 g/mol. The van der Waals surface area contributed by atoms with Crippen LogP contribution in [0.3, 0.4) is 0 Å². The molecule has 5 nitrogen and oxygen atoms in total. The molecule has 3 aromatic rings. The predicted molar refractivity (Wildman–Crippen MR) is 97.2 cm³/mol. The third-order valence-corrected chi connectivity index (χ3v) is 5.76. The zero-order valence-corrected chi connectivity index (χ0v) is 14.4. The van der Waals surface area contributed by atoms with E-state index < -0.39 is 5.97 Å². The fourth-order valence-electron chi connectivity index (χ4n) is 3.48. The molecule has 2 N–H and O–H groups in total. The maximum Gasteiger partial charge on any atom is 0.345 e. The van der Waals surface area contributed by atoms with E-state index in [0.29, 0.717) is 11.4 Å². The number of amides is 1. The van der Waals surface area contributed by atoms with Gasteiger partial charge >= 0.3 is 5.97 Å². The van der Waals surface area contributed by atoms with Crippen molar-refractivity contribution in [3.8, 4) is 0 Å². The Bertz CT molecular complexity index is 910. The molecule has 3 heterocycles. The first-order chi connectivity index (χ1) is 12.1. The van der Waals surface area contributed by atoms with E-state index in [9.17, 15) is 9.59 Å². The molecule has 6 heteroatoms. The molecule has 4 rings (SSSR count). The van der Waals surface area contributed by atoms with E-state index in [0.717, 1.165) is 47.2 Å². The number of nitrogens with one attached hydrogen (secondary N) is 1. The fourth-order valence-corrected chi connectivity index (χ4v) is 4.28. The van der Waals surface area contributed by atoms with Crippen LogP contribution in [0, 0.1) is 0 Å². The number of H-pyrrole nitrogens is 1. The van der Waals surface area contributed by atoms with E-state index in [1.165, 1.54) is 6.07 Å². The Morgan fingerprint density at radius 2 is 1.92 bits per heavy atom. The number of nitrogens with zero attached hydrogens (tertiary/aromatic N) is 1. The van der Waals surface area contributed by atoms with Gasteiger partial charge in [0.2, 0.25) is 0 Å². The summed E-state index contributed by atoms with van der Waals surface area (Å²) in [6.45, 7) is 0.694. The minimum atomic E-state index is -0.991. The third kappa shape index (κ3) is 2.93. The summed E-state index contributed by atoms with van der Waals surface area (Å²) in [7, 11) is 0. The average molecular weight is 354 g/mol. The number of aromatic amines is 1. The molecule has 1 atom stereocenters. The second-order valence-electron chi connectivity index (χ2n) is 6.29. The molecule has 0 radical (unpaired) electrons. The molecule has 1 saturated heterocycles. The first-order valence-electron chi connectivity index (χ1n) is 8.35. The summed E-state index contributed by atoms with van der Waals surface area (Å²) in [6, 6.07) is 13.3. The molecule has 1 fully saturated rings. The molecule has 1 aromatic carbocycles. The van der Waals surface area contributed by atoms with E-state index >= 15 is 0 Å². The number of carboxylic acids is 1. The second kappa shape index (κ2) is 6.37. The number of rotatable bonds is 3. The number of fused-ring (bicyclic) bond motifs is 1. The Hall–Kier alpha value is -2.60. The summed E-state index contributed by atoms with van der Waals surface area (Å²) in [5, 5.41) is 10.2. The number of thiophene rings is 1. The largest absolute Gasteiger partial charge is 0.477 e. The molecule has 1 amide bonds. The Morgan fingerprint density at radius 3 is 2.68 bits per heavy atom. The van der Waals surface area contributed by atoms with E-state index in [1.54, 1.807) is 6.07 Å². The van der Waals surface area contributed by atoms with Gasteiger partial charge in [-0.1, -0.05) is 18.2 Å². The van der Waals surface area contributed by atoms with Crippen LogP contribution >= 0.6 is 11.3 Å². The lowest BCUT2D eigenvalue weighted by Gasteiger charge is -2.35. The van der Waals surface area contributed by atoms with Crippen molar-refractivity contribution in [2.24, 2.45) is 0 Å². The number of benzene rings is 1. The average Bonchev–Trinajstić information content (AvgIpc) is 3.28. The number of hydrogen-bond acceptors (Lipinski definition) is 3. The standard InChI is InChI=1S/C19H18N2O3S/c22-18(16-8-9-17(25-16)19(23)24)21-10-4-3-7-15(21)14-11-12-5-1-2-6-13(12)20-14/h1-2,5-6,8-9,11,15,20H,3-4,7,10H2,(H,23,24). The van der Waals surface area contributed by atoms with Crippen LogP contribution in [-0.4, -0.2) is 33.4 Å². The Balaban J connectivity index is 1.66. The van der Waals surface area contributed by atoms with E-state index in [2.05, 4.69) is 17.1 Å². The summed E-state index contributed by atoms with van der Waals surface area (Å²) in [5.41, 5.74) is 2.11. The summed E-state index contributed by atoms with van der Waals surface area (Å²) < 4.78 is 0. The highest BCUT2D eigenvalue weighted by Crippen LogP contribution is 2.34. The van der Waals surface area contributed by atoms with Crippen LogP contribution in [0.2, 0.25) is 0 Å². The summed E-state index contributed by atoms with van der Waals surface area (Å²) in [4.78, 5) is 30.0. The maximum atomic E-state index is 13.0. The van der Waals surface area contributed by atoms with Crippen molar-refractivity contribution < 1.29 is 14.7 Å². The number of carboxylic acid groups (broad SMARTS) is 1. The molecule has 1 aliphatic rings. The predicted octanol–water partition coefficient (Wildman–Crippen LogP) is 4.30. The van der Waals surface area contributed by atoms with Crippen molar-refractivity contribution in [1.29, 1.82) is 0 Å². The molecule has 0 aliphatic carbocycles. The quantitative estimate of drug-likeness (QED) is 0.737. The summed E-state index contributed by atoms with van der Waals surface area (Å²) >= 11 is 1.04. The maximum absolute atomic E-state index is 13.0. The normalized spacial score (nSPS) is 17.8. The van der Waals surface area contributed by atoms with Crippen LogP contribution in [0.4, 0.5) is 0 Å². The van der Waals surface area contributed by atoms with E-state index in [1.807, 2.05) is 23.1 Å². The molecule has 1 aliphatic heterocycles. The SMILES string of the molecule is O=C(O)c1ccc(C(=O)N2CCCCC2c2cc3ccccc3[nH]2)s1. The molecule has 0 saturated carbocycles. The topological polar surface area (TPSA) is 73.4 Å². The van der Waals surface area contributed by atoms with E-state index in [-0.39, 0.29) is 16.8 Å². The lowest BCUT2D eigenvalue weighted by Crippen LogP contribution is -2.38. The van der Waals surface area contributed by atoms with Gasteiger partial charge in [0.25, 0.3) is 5.91 Å². The van der Waals surface area contributed by atoms with Crippen molar-refractivity contribution >= 4 is 34.1 Å². The molecule has 0 bridgehead atoms. The van der Waals surface area contributed by atoms with Crippen molar-refractivity contribution in [2.45, 2.75) is 25.3 Å². The molecular weight excluding hydrogens is 336 g/mol. The molecule has 25 heavy (non-hydrogen) atoms. The third-order valence-electron chi connectivity index (χ3n) is 4.70. The van der Waals surface area contributed by atoms with Gasteiger partial charge in [-0.25, -0.2) is 4.79 Å². The Kier molecular flexibility index (Phi) is 4.05. The van der Waals surface area contributed by atoms with Crippen LogP contribution in [0.15, 0.2) is 42.5 Å². The Morgan fingerprint density at radius 1 is 1.12 bits per heavy atom. The lowest BCUT2D eigenvalue weighted by atomic mass is 9.99. The number of aromatic carboxylic acids is 1. The van der Waals surface area contributed by atoms with E-state index in [4.69, 9.17) is 5.11 Å². The number of piperidine rings is 1. The van der Waals surface area contributed by atoms with Crippen LogP contribution in [0.1, 0.15) is 50.3 Å². The number of carbonyl (C=O) groups is 2. The molecule has 1 unspecified atom stereocenters. The smallest absolute Gasteiger partial charge is 0.345 e. The van der Waals surface area contributed by atoms with Gasteiger partial charge in [0, 0.05) is 17.8 Å². The van der Waals surface area contributed by atoms with Crippen LogP contribution in [0.5, 0.6) is 0 Å². The number of hydrogen-bond donors (Lipinski definition) is 2. The first-order valence-corrected chi connectivity index (χ1v) is 9.17. The minimum absolute atomic E-state index is 0.00373. The lowest BCUT2D eigenvalue weighted by molar-refractivity contribution is 0.0611. The van der Waals surface area contributed by atoms with Crippen LogP contribution in [0.25, 0.3) is 10.9 Å². The van der Waals surface area contributed by atoms with Gasteiger partial charge in [-0.3, -0.25) is 4.79 Å². The van der Waals surface area contributed by atoms with Crippen molar-refractivity contribution in [2.75, 3.05) is 6.54 Å². The van der Waals surface area contributed by atoms with Crippen LogP contribution in [-0.2, 0) is 0 Å². The summed E-state index contributed by atoms with van der Waals surface area (Å²) in [6.07, 6.45) is 2.96. The highest BCUT2D eigenvalue weighted by Gasteiger charge is 2.30. The first kappa shape index (κ1) is 15.9. The van der Waals surface area contributed by atoms with Gasteiger partial charge in [0.05, 0.1) is 10.9 Å². The minimum Gasteiger partial charge on any atom is -0.477 e. The highest BCUT2D eigenvalue weighted by atomic mass is 32.1. The fraction of sp³-hybridized carbons (Fsp3) is 0.263. The summed E-state index contributed by atoms with van der Waals surface area (Å²) in [5.74, 6) is -1.07. The number of aromatic nitrogens is 1. The molecule has 0 spiro atoms. The number of carbonyl (C=O) groups excluding carboxylic acids is 1. The van der Waals surface area contributed by atoms with Crippen molar-refractivity contribution in [3.05, 3.63) is 57.9 Å². The van der Waals surface area contributed by atoms with Crippen molar-refractivity contribution in [3.63, 3.8) is 0 Å².